The van der Waals surface area contributed by atoms with Crippen LogP contribution in [0.2, 0.25) is 0 Å². The minimum atomic E-state index is -0.176. The van der Waals surface area contributed by atoms with Crippen molar-refractivity contribution in [3.63, 3.8) is 0 Å². The molecule has 0 spiro atoms. The second-order valence-corrected chi connectivity index (χ2v) is 17.2. The molecule has 0 saturated heterocycles. The molecule has 2 aliphatic carbocycles. The van der Waals surface area contributed by atoms with E-state index in [1.807, 2.05) is 171 Å². The van der Waals surface area contributed by atoms with Crippen LogP contribution in [0.25, 0.3) is 0 Å². The number of hydrogen-bond acceptors (Lipinski definition) is 12. The molecule has 0 saturated carbocycles. The highest BCUT2D eigenvalue weighted by atomic mass is 35.5. The van der Waals surface area contributed by atoms with Crippen LogP contribution in [0.1, 0.15) is 12.8 Å². The second kappa shape index (κ2) is 27.9. The molecule has 2 aromatic heterocycles. The topological polar surface area (TPSA) is 197 Å². The fourth-order valence-corrected chi connectivity index (χ4v) is 7.03. The molecule has 0 radical (unpaired) electrons. The van der Waals surface area contributed by atoms with Crippen molar-refractivity contribution in [3.05, 3.63) is 182 Å². The van der Waals surface area contributed by atoms with Crippen LogP contribution < -0.4 is 76.9 Å². The van der Waals surface area contributed by atoms with Gasteiger partial charge in [-0.25, -0.2) is 28.3 Å². The number of aliphatic imine (C=N–C) groups is 2. The maximum atomic E-state index is 12.5. The monoisotopic (exact) mass is 1010 g/mol. The summed E-state index contributed by atoms with van der Waals surface area (Å²) in [7, 11) is 12.0. The number of hydrogen-bond donors (Lipinski definition) is 6. The highest BCUT2D eigenvalue weighted by molar-refractivity contribution is 6.23. The maximum Gasteiger partial charge on any atom is 0.243 e. The summed E-state index contributed by atoms with van der Waals surface area (Å²) < 4.78 is 8.44. The molecule has 4 aromatic carbocycles. The molecule has 2 heterocycles. The SMILES string of the molecule is CN(C)c1ccc(N=C2C=C(Nc3ccc(NCCCn4cc[n+](C)c4)cc3)C(=O)C=C2N)cc1.CN(C)c1ccc(N=C2C=CC(=O)C=C2N)cc1.C[n+]1ccn(CCCNc2ccc(N)cc2)c1.[Cl-].[Cl-]. The van der Waals surface area contributed by atoms with E-state index in [-0.39, 0.29) is 36.4 Å². The van der Waals surface area contributed by atoms with Crippen LogP contribution in [-0.2, 0) is 36.8 Å². The average molecular weight is 1010 g/mol. The van der Waals surface area contributed by atoms with E-state index in [1.54, 1.807) is 12.2 Å². The number of ketones is 2. The number of nitrogens with two attached hydrogens (primary N) is 3. The maximum absolute atomic E-state index is 12.5. The molecule has 16 nitrogen and oxygen atoms in total. The lowest BCUT2D eigenvalue weighted by Crippen LogP contribution is -3.00. The van der Waals surface area contributed by atoms with E-state index in [4.69, 9.17) is 17.2 Å². The number of allylic oxidation sites excluding steroid dienone is 5. The van der Waals surface area contributed by atoms with Crippen molar-refractivity contribution in [2.45, 2.75) is 25.9 Å². The van der Waals surface area contributed by atoms with Crippen molar-refractivity contribution < 1.29 is 43.5 Å². The third kappa shape index (κ3) is 18.0. The summed E-state index contributed by atoms with van der Waals surface area (Å²) in [6, 6.07) is 31.4. The van der Waals surface area contributed by atoms with Crippen LogP contribution in [0.15, 0.2) is 192 Å². The Morgan fingerprint density at radius 3 is 1.44 bits per heavy atom. The molecular weight excluding hydrogens is 948 g/mol. The van der Waals surface area contributed by atoms with Gasteiger partial charge in [0, 0.05) is 100 Å². The lowest BCUT2D eigenvalue weighted by molar-refractivity contribution is -0.671. The Morgan fingerprint density at radius 2 is 1.00 bits per heavy atom. The van der Waals surface area contributed by atoms with Crippen molar-refractivity contribution in [2.75, 3.05) is 72.8 Å². The molecule has 0 fully saturated rings. The lowest BCUT2D eigenvalue weighted by Gasteiger charge is -2.15. The Balaban J connectivity index is 0.000000256. The number of benzene rings is 4. The molecule has 0 aliphatic heterocycles. The quantitative estimate of drug-likeness (QED) is 0.0346. The lowest BCUT2D eigenvalue weighted by atomic mass is 10.1. The van der Waals surface area contributed by atoms with Crippen LogP contribution in [0.4, 0.5) is 45.5 Å². The molecule has 0 atom stereocenters. The number of nitrogens with zero attached hydrogens (tertiary/aromatic N) is 8. The Kier molecular flexibility index (Phi) is 21.9. The van der Waals surface area contributed by atoms with E-state index in [1.165, 1.54) is 18.2 Å². The van der Waals surface area contributed by atoms with E-state index in [0.29, 0.717) is 28.5 Å². The second-order valence-electron chi connectivity index (χ2n) is 17.2. The summed E-state index contributed by atoms with van der Waals surface area (Å²) in [6.45, 7) is 3.83. The molecule has 0 amide bonds. The first kappa shape index (κ1) is 56.5. The van der Waals surface area contributed by atoms with Crippen molar-refractivity contribution in [1.29, 1.82) is 0 Å². The Morgan fingerprint density at radius 1 is 0.556 bits per heavy atom. The first-order chi connectivity index (χ1) is 33.7. The molecule has 72 heavy (non-hydrogen) atoms. The van der Waals surface area contributed by atoms with Gasteiger partial charge in [-0.2, -0.15) is 0 Å². The van der Waals surface area contributed by atoms with Gasteiger partial charge in [0.25, 0.3) is 0 Å². The third-order valence-corrected chi connectivity index (χ3v) is 10.9. The van der Waals surface area contributed by atoms with Crippen LogP contribution in [0.3, 0.4) is 0 Å². The predicted molar refractivity (Wildman–Crippen MR) is 286 cm³/mol. The Bertz CT molecular complexity index is 2880. The summed E-state index contributed by atoms with van der Waals surface area (Å²) in [4.78, 5) is 36.7. The fourth-order valence-electron chi connectivity index (χ4n) is 7.03. The minimum absolute atomic E-state index is 0. The molecule has 2 aliphatic rings. The number of nitrogens with one attached hydrogen (secondary N) is 3. The van der Waals surface area contributed by atoms with E-state index in [2.05, 4.69) is 60.1 Å². The van der Waals surface area contributed by atoms with Gasteiger partial charge >= 0.3 is 0 Å². The molecule has 8 rings (SSSR count). The number of aromatic nitrogens is 4. The average Bonchev–Trinajstić information content (AvgIpc) is 3.97. The number of nitrogen functional groups attached to an aromatic ring is 1. The van der Waals surface area contributed by atoms with Gasteiger partial charge in [0.05, 0.1) is 67.1 Å². The van der Waals surface area contributed by atoms with Crippen molar-refractivity contribution in [3.8, 4) is 0 Å². The van der Waals surface area contributed by atoms with Crippen molar-refractivity contribution in [2.24, 2.45) is 35.5 Å². The zero-order valence-electron chi connectivity index (χ0n) is 41.7. The molecule has 0 unspecified atom stereocenters. The zero-order chi connectivity index (χ0) is 50.0. The molecular formula is C54H66Cl2N14O2. The third-order valence-electron chi connectivity index (χ3n) is 10.9. The number of carbonyl (C=O) groups excluding carboxylic acids is 2. The van der Waals surface area contributed by atoms with E-state index >= 15 is 0 Å². The standard InChI is InChI=1S/C27H31N7O.C14H15N3O.C13H19N4.2ClH/c1-32(2)23-11-9-22(10-12-23)30-25-18-26(27(35)17-24(25)28)31-21-7-5-20(6-8-21)29-13-4-14-34-16-15-33(3)19-34;1-17(2)11-5-3-10(4-6-11)16-14-8-7-12(18)9-13(14)15;1-16-9-10-17(11-16)8-2-7-15-13-5-3-12(14)4-6-13;;/h5-12,15-19H,4,13-14H2,1-3H3,(H3-,28,29,30,31,35);3-9H,15H2,1-2H3;3-6,9-11,15H,2,7-8,14H2,1H3;2*1H/q;;+1;;/p-1. The fraction of sp³-hybridized carbons (Fsp3) is 0.222. The van der Waals surface area contributed by atoms with Gasteiger partial charge < -0.3 is 67.8 Å². The van der Waals surface area contributed by atoms with Gasteiger partial charge in [-0.3, -0.25) is 9.59 Å². The van der Waals surface area contributed by atoms with Crippen LogP contribution >= 0.6 is 0 Å². The van der Waals surface area contributed by atoms with Crippen molar-refractivity contribution >= 4 is 68.5 Å². The largest absolute Gasteiger partial charge is 1.00 e. The summed E-state index contributed by atoms with van der Waals surface area (Å²) in [5.74, 6) is -0.278. The number of imidazole rings is 2. The summed E-state index contributed by atoms with van der Waals surface area (Å²) in [6.07, 6.45) is 22.1. The number of carbonyl (C=O) groups is 2. The van der Waals surface area contributed by atoms with Crippen LogP contribution in [-0.4, -0.2) is 73.4 Å². The van der Waals surface area contributed by atoms with Gasteiger partial charge in [-0.15, -0.1) is 0 Å². The van der Waals surface area contributed by atoms with Gasteiger partial charge in [0.2, 0.25) is 18.4 Å². The number of halogens is 2. The summed E-state index contributed by atoms with van der Waals surface area (Å²) in [5, 5.41) is 10.0. The molecule has 378 valence electrons. The number of aryl methyl sites for hydroxylation is 4. The first-order valence-corrected chi connectivity index (χ1v) is 23.0. The van der Waals surface area contributed by atoms with Gasteiger partial charge in [-0.1, -0.05) is 0 Å². The van der Waals surface area contributed by atoms with Gasteiger partial charge in [0.15, 0.2) is 5.78 Å². The van der Waals surface area contributed by atoms with Crippen LogP contribution in [0.5, 0.6) is 0 Å². The molecule has 18 heteroatoms. The minimum Gasteiger partial charge on any atom is -1.00 e. The van der Waals surface area contributed by atoms with Crippen molar-refractivity contribution in [1.82, 2.24) is 9.13 Å². The molecule has 9 N–H and O–H groups in total. The number of anilines is 6. The molecule has 6 aromatic rings. The predicted octanol–water partition coefficient (Wildman–Crippen LogP) is 0.586. The van der Waals surface area contributed by atoms with Gasteiger partial charge in [0.1, 0.15) is 24.8 Å². The first-order valence-electron chi connectivity index (χ1n) is 23.0. The number of rotatable bonds is 16. The summed E-state index contributed by atoms with van der Waals surface area (Å²) >= 11 is 0. The van der Waals surface area contributed by atoms with Gasteiger partial charge in [-0.05, 0) is 115 Å². The molecule has 0 bridgehead atoms. The zero-order valence-corrected chi connectivity index (χ0v) is 43.2. The van der Waals surface area contributed by atoms with E-state index < -0.39 is 0 Å². The van der Waals surface area contributed by atoms with E-state index in [0.717, 1.165) is 84.5 Å². The Hall–Kier alpha value is -8.08. The highest BCUT2D eigenvalue weighted by Crippen LogP contribution is 2.23. The normalized spacial score (nSPS) is 13.7. The van der Waals surface area contributed by atoms with E-state index in [9.17, 15) is 9.59 Å². The summed E-state index contributed by atoms with van der Waals surface area (Å²) in [5.41, 5.74) is 27.4. The highest BCUT2D eigenvalue weighted by Gasteiger charge is 2.18. The Labute approximate surface area is 435 Å². The smallest absolute Gasteiger partial charge is 0.243 e. The van der Waals surface area contributed by atoms with Crippen LogP contribution in [0, 0.1) is 0 Å².